The van der Waals surface area contributed by atoms with Crippen LogP contribution in [0.1, 0.15) is 19.8 Å². The standard InChI is InChI=1S/C12H26N2O6Si/c1-5-14(10(12(16)17)9-11(13)15)7-6-8-21(18-2,19-3)20-4/h10H,5-9H2,1-4H3,(H2,13,15)(H,16,17)/t10-/m0/s1. The van der Waals surface area contributed by atoms with Crippen LogP contribution in [0, 0.1) is 0 Å². The Morgan fingerprint density at radius 3 is 2.10 bits per heavy atom. The van der Waals surface area contributed by atoms with Crippen LogP contribution in [-0.4, -0.2) is 71.1 Å². The van der Waals surface area contributed by atoms with Crippen LogP contribution in [0.25, 0.3) is 0 Å². The second-order valence-corrected chi connectivity index (χ2v) is 7.64. The van der Waals surface area contributed by atoms with Crippen LogP contribution in [0.15, 0.2) is 0 Å². The van der Waals surface area contributed by atoms with E-state index in [4.69, 9.17) is 19.0 Å². The van der Waals surface area contributed by atoms with Crippen molar-refractivity contribution in [2.24, 2.45) is 5.73 Å². The van der Waals surface area contributed by atoms with Gasteiger partial charge >= 0.3 is 14.8 Å². The SMILES string of the molecule is CCN(CCC[Si](OC)(OC)OC)[C@@H](CC(N)=O)C(=O)O. The fourth-order valence-corrected chi connectivity index (χ4v) is 3.86. The Balaban J connectivity index is 4.61. The second kappa shape index (κ2) is 9.85. The number of carbonyl (C=O) groups excluding carboxylic acids is 1. The highest BCUT2D eigenvalue weighted by Gasteiger charge is 2.37. The number of carboxylic acid groups (broad SMARTS) is 1. The van der Waals surface area contributed by atoms with Crippen LogP contribution in [-0.2, 0) is 22.9 Å². The number of rotatable bonds is 12. The Bertz CT molecular complexity index is 329. The van der Waals surface area contributed by atoms with Crippen LogP contribution in [0.2, 0.25) is 6.04 Å². The third-order valence-electron chi connectivity index (χ3n) is 3.39. The second-order valence-electron chi connectivity index (χ2n) is 4.55. The lowest BCUT2D eigenvalue weighted by Gasteiger charge is -2.29. The molecule has 0 aliphatic heterocycles. The molecule has 3 N–H and O–H groups in total. The van der Waals surface area contributed by atoms with E-state index in [0.717, 1.165) is 0 Å². The number of nitrogens with zero attached hydrogens (tertiary/aromatic N) is 1. The van der Waals surface area contributed by atoms with Gasteiger partial charge in [-0.05, 0) is 19.5 Å². The Labute approximate surface area is 126 Å². The smallest absolute Gasteiger partial charge is 0.480 e. The molecule has 0 fully saturated rings. The Hall–Kier alpha value is -1.00. The molecule has 9 heteroatoms. The average Bonchev–Trinajstić information content (AvgIpc) is 2.46. The molecule has 0 saturated heterocycles. The van der Waals surface area contributed by atoms with Crippen molar-refractivity contribution in [2.45, 2.75) is 31.9 Å². The van der Waals surface area contributed by atoms with Gasteiger partial charge in [0, 0.05) is 27.4 Å². The van der Waals surface area contributed by atoms with E-state index in [1.54, 1.807) is 4.90 Å². The quantitative estimate of drug-likeness (QED) is 0.483. The Morgan fingerprint density at radius 2 is 1.76 bits per heavy atom. The van der Waals surface area contributed by atoms with E-state index in [1.807, 2.05) is 6.92 Å². The maximum Gasteiger partial charge on any atom is 0.500 e. The molecule has 0 unspecified atom stereocenters. The van der Waals surface area contributed by atoms with E-state index in [9.17, 15) is 14.7 Å². The summed E-state index contributed by atoms with van der Waals surface area (Å²) in [5, 5.41) is 9.21. The van der Waals surface area contributed by atoms with Gasteiger partial charge in [0.15, 0.2) is 0 Å². The monoisotopic (exact) mass is 322 g/mol. The molecule has 21 heavy (non-hydrogen) atoms. The van der Waals surface area contributed by atoms with Crippen molar-refractivity contribution in [3.05, 3.63) is 0 Å². The zero-order valence-corrected chi connectivity index (χ0v) is 14.1. The summed E-state index contributed by atoms with van der Waals surface area (Å²) in [6.07, 6.45) is 0.433. The maximum absolute atomic E-state index is 11.2. The van der Waals surface area contributed by atoms with Gasteiger partial charge in [0.2, 0.25) is 5.91 Å². The summed E-state index contributed by atoms with van der Waals surface area (Å²) in [6.45, 7) is 2.84. The maximum atomic E-state index is 11.2. The Morgan fingerprint density at radius 1 is 1.24 bits per heavy atom. The predicted molar refractivity (Wildman–Crippen MR) is 78.7 cm³/mol. The molecule has 0 heterocycles. The number of primary amides is 1. The van der Waals surface area contributed by atoms with Gasteiger partial charge in [-0.25, -0.2) is 0 Å². The molecule has 0 saturated carbocycles. The molecule has 0 aromatic heterocycles. The molecular weight excluding hydrogens is 296 g/mol. The molecule has 8 nitrogen and oxygen atoms in total. The first-order valence-electron chi connectivity index (χ1n) is 6.76. The normalized spacial score (nSPS) is 13.4. The van der Waals surface area contributed by atoms with Crippen LogP contribution in [0.4, 0.5) is 0 Å². The zero-order chi connectivity index (χ0) is 16.5. The summed E-state index contributed by atoms with van der Waals surface area (Å²) in [5.41, 5.74) is 5.10. The van der Waals surface area contributed by atoms with Gasteiger partial charge in [-0.15, -0.1) is 0 Å². The van der Waals surface area contributed by atoms with E-state index < -0.39 is 26.7 Å². The molecule has 0 bridgehead atoms. The summed E-state index contributed by atoms with van der Waals surface area (Å²) in [5.74, 6) is -1.68. The van der Waals surface area contributed by atoms with Gasteiger partial charge in [-0.3, -0.25) is 14.5 Å². The lowest BCUT2D eigenvalue weighted by Crippen LogP contribution is -2.46. The van der Waals surface area contributed by atoms with E-state index in [2.05, 4.69) is 0 Å². The van der Waals surface area contributed by atoms with Gasteiger partial charge in [0.1, 0.15) is 6.04 Å². The van der Waals surface area contributed by atoms with Gasteiger partial charge in [-0.2, -0.15) is 0 Å². The van der Waals surface area contributed by atoms with Crippen LogP contribution in [0.5, 0.6) is 0 Å². The highest BCUT2D eigenvalue weighted by atomic mass is 28.4. The summed E-state index contributed by atoms with van der Waals surface area (Å²) < 4.78 is 15.9. The third-order valence-corrected chi connectivity index (χ3v) is 6.22. The van der Waals surface area contributed by atoms with E-state index >= 15 is 0 Å². The molecule has 0 aromatic rings. The highest BCUT2D eigenvalue weighted by Crippen LogP contribution is 2.16. The Kier molecular flexibility index (Phi) is 9.38. The van der Waals surface area contributed by atoms with Gasteiger partial charge < -0.3 is 24.1 Å². The first kappa shape index (κ1) is 20.0. The molecule has 1 atom stereocenters. The third kappa shape index (κ3) is 6.53. The van der Waals surface area contributed by atoms with Crippen molar-refractivity contribution in [2.75, 3.05) is 34.4 Å². The molecule has 1 amide bonds. The van der Waals surface area contributed by atoms with Crippen LogP contribution >= 0.6 is 0 Å². The summed E-state index contributed by atoms with van der Waals surface area (Å²) in [7, 11) is 1.94. The van der Waals surface area contributed by atoms with Crippen molar-refractivity contribution in [3.63, 3.8) is 0 Å². The summed E-state index contributed by atoms with van der Waals surface area (Å²) in [4.78, 5) is 23.9. The number of nitrogens with two attached hydrogens (primary N) is 1. The lowest BCUT2D eigenvalue weighted by molar-refractivity contribution is -0.145. The molecule has 0 aliphatic rings. The van der Waals surface area contributed by atoms with Crippen molar-refractivity contribution in [1.29, 1.82) is 0 Å². The van der Waals surface area contributed by atoms with Gasteiger partial charge in [-0.1, -0.05) is 6.92 Å². The fourth-order valence-electron chi connectivity index (χ4n) is 2.15. The number of hydrogen-bond acceptors (Lipinski definition) is 6. The van der Waals surface area contributed by atoms with Crippen molar-refractivity contribution in [1.82, 2.24) is 4.90 Å². The van der Waals surface area contributed by atoms with Crippen molar-refractivity contribution < 1.29 is 28.0 Å². The number of carbonyl (C=O) groups is 2. The van der Waals surface area contributed by atoms with E-state index in [-0.39, 0.29) is 6.42 Å². The molecule has 0 aromatic carbocycles. The summed E-state index contributed by atoms with van der Waals surface area (Å²) in [6, 6.07) is -0.341. The minimum atomic E-state index is -2.66. The van der Waals surface area contributed by atoms with E-state index in [1.165, 1.54) is 21.3 Å². The molecule has 124 valence electrons. The molecule has 0 rings (SSSR count). The molecular formula is C12H26N2O6Si. The van der Waals surface area contributed by atoms with Crippen molar-refractivity contribution in [3.8, 4) is 0 Å². The molecule has 0 radical (unpaired) electrons. The zero-order valence-electron chi connectivity index (χ0n) is 13.1. The predicted octanol–water partition coefficient (Wildman–Crippen LogP) is -0.0949. The highest BCUT2D eigenvalue weighted by molar-refractivity contribution is 6.60. The first-order valence-corrected chi connectivity index (χ1v) is 8.69. The molecule has 0 spiro atoms. The number of likely N-dealkylation sites (N-methyl/N-ethyl adjacent to an activating group) is 1. The number of carboxylic acids is 1. The topological polar surface area (TPSA) is 111 Å². The van der Waals surface area contributed by atoms with Gasteiger partial charge in [0.25, 0.3) is 0 Å². The van der Waals surface area contributed by atoms with Crippen LogP contribution in [0.3, 0.4) is 0 Å². The van der Waals surface area contributed by atoms with Gasteiger partial charge in [0.05, 0.1) is 6.42 Å². The lowest BCUT2D eigenvalue weighted by atomic mass is 10.1. The van der Waals surface area contributed by atoms with E-state index in [0.29, 0.717) is 25.6 Å². The van der Waals surface area contributed by atoms with Crippen molar-refractivity contribution >= 4 is 20.7 Å². The first-order chi connectivity index (χ1) is 9.85. The summed E-state index contributed by atoms with van der Waals surface area (Å²) >= 11 is 0. The average molecular weight is 322 g/mol. The fraction of sp³-hybridized carbons (Fsp3) is 0.833. The molecule has 0 aliphatic carbocycles. The van der Waals surface area contributed by atoms with Crippen LogP contribution < -0.4 is 5.73 Å². The number of amides is 1. The minimum absolute atomic E-state index is 0.204. The number of hydrogen-bond donors (Lipinski definition) is 2. The largest absolute Gasteiger partial charge is 0.500 e. The number of aliphatic carboxylic acids is 1. The minimum Gasteiger partial charge on any atom is -0.480 e.